The van der Waals surface area contributed by atoms with Crippen molar-refractivity contribution < 1.29 is 4.79 Å². The van der Waals surface area contributed by atoms with Crippen LogP contribution in [0.4, 0.5) is 0 Å². The Morgan fingerprint density at radius 2 is 1.93 bits per heavy atom. The molecular weight excluding hydrogens is 364 g/mol. The second kappa shape index (κ2) is 7.09. The molecule has 0 saturated carbocycles. The van der Waals surface area contributed by atoms with Crippen LogP contribution in [0.15, 0.2) is 61.3 Å². The summed E-state index contributed by atoms with van der Waals surface area (Å²) in [5, 5.41) is 4.70. The van der Waals surface area contributed by atoms with E-state index in [2.05, 4.69) is 9.97 Å². The molecular formula is C22H20N6O. The summed E-state index contributed by atoms with van der Waals surface area (Å²) in [5.41, 5.74) is 4.58. The number of likely N-dealkylation sites (tertiary alicyclic amines) is 1. The van der Waals surface area contributed by atoms with E-state index in [-0.39, 0.29) is 11.8 Å². The minimum atomic E-state index is 0.0208. The van der Waals surface area contributed by atoms with Gasteiger partial charge in [-0.2, -0.15) is 5.10 Å². The Balaban J connectivity index is 1.37. The van der Waals surface area contributed by atoms with Crippen LogP contribution in [0.3, 0.4) is 0 Å². The number of aryl methyl sites for hydroxylation is 1. The van der Waals surface area contributed by atoms with Gasteiger partial charge in [-0.15, -0.1) is 0 Å². The van der Waals surface area contributed by atoms with E-state index >= 15 is 0 Å². The van der Waals surface area contributed by atoms with Crippen molar-refractivity contribution in [3.05, 3.63) is 78.3 Å². The van der Waals surface area contributed by atoms with Crippen molar-refractivity contribution in [1.29, 1.82) is 0 Å². The van der Waals surface area contributed by atoms with E-state index in [9.17, 15) is 4.79 Å². The largest absolute Gasteiger partial charge is 0.338 e. The third-order valence-corrected chi connectivity index (χ3v) is 5.32. The summed E-state index contributed by atoms with van der Waals surface area (Å²) in [7, 11) is 0. The molecule has 4 aromatic heterocycles. The van der Waals surface area contributed by atoms with Crippen LogP contribution >= 0.6 is 0 Å². The van der Waals surface area contributed by atoms with E-state index in [0.29, 0.717) is 18.7 Å². The molecule has 0 N–H and O–H groups in total. The summed E-state index contributed by atoms with van der Waals surface area (Å²) in [6, 6.07) is 9.84. The van der Waals surface area contributed by atoms with E-state index < -0.39 is 0 Å². The van der Waals surface area contributed by atoms with Gasteiger partial charge < -0.3 is 4.90 Å². The lowest BCUT2D eigenvalue weighted by molar-refractivity contribution is 0.0790. The zero-order chi connectivity index (χ0) is 19.8. The minimum Gasteiger partial charge on any atom is -0.338 e. The molecule has 1 fully saturated rings. The fourth-order valence-corrected chi connectivity index (χ4v) is 3.80. The van der Waals surface area contributed by atoms with Crippen LogP contribution in [-0.4, -0.2) is 48.5 Å². The number of aromatic nitrogens is 5. The lowest BCUT2D eigenvalue weighted by Gasteiger charge is -2.15. The van der Waals surface area contributed by atoms with Gasteiger partial charge in [0.25, 0.3) is 5.91 Å². The lowest BCUT2D eigenvalue weighted by Crippen LogP contribution is -2.28. The number of amides is 1. The molecule has 0 radical (unpaired) electrons. The van der Waals surface area contributed by atoms with Gasteiger partial charge in [-0.05, 0) is 54.8 Å². The molecule has 5 rings (SSSR count). The normalized spacial score (nSPS) is 16.4. The average Bonchev–Trinajstić information content (AvgIpc) is 3.40. The van der Waals surface area contributed by atoms with Crippen molar-refractivity contribution in [1.82, 2.24) is 29.5 Å². The first kappa shape index (κ1) is 17.5. The van der Waals surface area contributed by atoms with Crippen molar-refractivity contribution in [3.8, 4) is 11.1 Å². The fourth-order valence-electron chi connectivity index (χ4n) is 3.80. The molecule has 0 aromatic carbocycles. The van der Waals surface area contributed by atoms with Gasteiger partial charge in [-0.3, -0.25) is 14.8 Å². The molecule has 1 amide bonds. The van der Waals surface area contributed by atoms with Gasteiger partial charge in [0, 0.05) is 55.6 Å². The summed E-state index contributed by atoms with van der Waals surface area (Å²) < 4.78 is 1.82. The molecule has 29 heavy (non-hydrogen) atoms. The predicted octanol–water partition coefficient (Wildman–Crippen LogP) is 3.12. The summed E-state index contributed by atoms with van der Waals surface area (Å²) in [6.45, 7) is 3.27. The first-order valence-corrected chi connectivity index (χ1v) is 9.65. The molecule has 1 saturated heterocycles. The van der Waals surface area contributed by atoms with Crippen LogP contribution in [-0.2, 0) is 0 Å². The molecule has 7 heteroatoms. The van der Waals surface area contributed by atoms with E-state index in [1.807, 2.05) is 52.9 Å². The molecule has 4 aromatic rings. The van der Waals surface area contributed by atoms with Gasteiger partial charge in [0.15, 0.2) is 11.5 Å². The summed E-state index contributed by atoms with van der Waals surface area (Å²) in [4.78, 5) is 27.6. The van der Waals surface area contributed by atoms with Gasteiger partial charge in [-0.1, -0.05) is 0 Å². The van der Waals surface area contributed by atoms with Crippen LogP contribution < -0.4 is 0 Å². The highest BCUT2D eigenvalue weighted by molar-refractivity contribution is 5.94. The van der Waals surface area contributed by atoms with E-state index in [0.717, 1.165) is 34.6 Å². The second-order valence-corrected chi connectivity index (χ2v) is 7.41. The Bertz CT molecular complexity index is 1190. The number of rotatable bonds is 3. The van der Waals surface area contributed by atoms with Crippen molar-refractivity contribution in [2.75, 3.05) is 13.1 Å². The highest BCUT2D eigenvalue weighted by atomic mass is 16.2. The van der Waals surface area contributed by atoms with E-state index in [1.54, 1.807) is 24.8 Å². The molecule has 1 atom stereocenters. The fraction of sp³-hybridized carbons (Fsp3) is 0.227. The second-order valence-electron chi connectivity index (χ2n) is 7.41. The Labute approximate surface area is 168 Å². The first-order valence-electron chi connectivity index (χ1n) is 9.65. The molecule has 1 aliphatic rings. The topological polar surface area (TPSA) is 76.3 Å². The van der Waals surface area contributed by atoms with Crippen LogP contribution in [0.2, 0.25) is 0 Å². The monoisotopic (exact) mass is 384 g/mol. The van der Waals surface area contributed by atoms with Gasteiger partial charge >= 0.3 is 0 Å². The summed E-state index contributed by atoms with van der Waals surface area (Å²) in [5.74, 6) is 0.947. The summed E-state index contributed by atoms with van der Waals surface area (Å²) >= 11 is 0. The van der Waals surface area contributed by atoms with Crippen molar-refractivity contribution in [3.63, 3.8) is 0 Å². The smallest absolute Gasteiger partial charge is 0.255 e. The molecule has 0 bridgehead atoms. The quantitative estimate of drug-likeness (QED) is 0.542. The molecule has 144 valence electrons. The van der Waals surface area contributed by atoms with Crippen LogP contribution in [0.5, 0.6) is 0 Å². The van der Waals surface area contributed by atoms with Crippen molar-refractivity contribution in [2.24, 2.45) is 0 Å². The summed E-state index contributed by atoms with van der Waals surface area (Å²) in [6.07, 6.45) is 9.79. The Kier molecular flexibility index (Phi) is 4.27. The first-order chi connectivity index (χ1) is 14.2. The predicted molar refractivity (Wildman–Crippen MR) is 108 cm³/mol. The average molecular weight is 384 g/mol. The van der Waals surface area contributed by atoms with Crippen LogP contribution in [0, 0.1) is 6.92 Å². The lowest BCUT2D eigenvalue weighted by atomic mass is 10.1. The number of carbonyl (C=O) groups excluding carboxylic acids is 1. The van der Waals surface area contributed by atoms with Crippen LogP contribution in [0.1, 0.15) is 34.1 Å². The van der Waals surface area contributed by atoms with Crippen molar-refractivity contribution in [2.45, 2.75) is 19.3 Å². The number of hydrogen-bond acceptors (Lipinski definition) is 5. The number of fused-ring (bicyclic) bond motifs is 1. The van der Waals surface area contributed by atoms with E-state index in [1.165, 1.54) is 0 Å². The maximum absolute atomic E-state index is 12.8. The van der Waals surface area contributed by atoms with Gasteiger partial charge in [0.2, 0.25) is 0 Å². The third-order valence-electron chi connectivity index (χ3n) is 5.32. The van der Waals surface area contributed by atoms with Gasteiger partial charge in [-0.25, -0.2) is 9.50 Å². The zero-order valence-electron chi connectivity index (χ0n) is 16.1. The maximum atomic E-state index is 12.8. The minimum absolute atomic E-state index is 0.0208. The van der Waals surface area contributed by atoms with Crippen molar-refractivity contribution >= 4 is 11.6 Å². The number of hydrogen-bond donors (Lipinski definition) is 0. The Hall–Kier alpha value is -3.61. The van der Waals surface area contributed by atoms with Gasteiger partial charge in [0.1, 0.15) is 0 Å². The van der Waals surface area contributed by atoms with Crippen LogP contribution in [0.25, 0.3) is 16.8 Å². The number of carbonyl (C=O) groups is 1. The molecule has 0 aliphatic carbocycles. The Morgan fingerprint density at radius 3 is 2.76 bits per heavy atom. The highest BCUT2D eigenvalue weighted by Gasteiger charge is 2.30. The third kappa shape index (κ3) is 3.35. The zero-order valence-corrected chi connectivity index (χ0v) is 16.1. The molecule has 0 unspecified atom stereocenters. The molecule has 0 spiro atoms. The molecule has 1 aliphatic heterocycles. The SMILES string of the molecule is Cc1cncc(C(=O)N2CC[C@H](c3nc4ccc(-c5ccncc5)cn4n3)C2)c1. The Morgan fingerprint density at radius 1 is 1.07 bits per heavy atom. The maximum Gasteiger partial charge on any atom is 0.255 e. The number of pyridine rings is 3. The number of nitrogens with zero attached hydrogens (tertiary/aromatic N) is 6. The van der Waals surface area contributed by atoms with E-state index in [4.69, 9.17) is 10.1 Å². The van der Waals surface area contributed by atoms with Gasteiger partial charge in [0.05, 0.1) is 5.56 Å². The molecule has 5 heterocycles. The highest BCUT2D eigenvalue weighted by Crippen LogP contribution is 2.27. The standard InChI is InChI=1S/C22H20N6O/c1-15-10-19(12-24-11-15)22(29)27-9-6-18(13-27)21-25-20-3-2-17(14-28(20)26-21)16-4-7-23-8-5-16/h2-5,7-8,10-12,14,18H,6,9,13H2,1H3/t18-/m0/s1. The molecule has 7 nitrogen and oxygen atoms in total.